The van der Waals surface area contributed by atoms with Crippen molar-refractivity contribution >= 4 is 28.5 Å². The summed E-state index contributed by atoms with van der Waals surface area (Å²) in [6, 6.07) is 0.277. The summed E-state index contributed by atoms with van der Waals surface area (Å²) >= 11 is 6.88. The number of nitrogens with zero attached hydrogens (tertiary/aromatic N) is 2. The molecule has 3 nitrogen and oxygen atoms in total. The fourth-order valence-electron chi connectivity index (χ4n) is 2.12. The number of hydrogen-bond acceptors (Lipinski definition) is 4. The van der Waals surface area contributed by atoms with Crippen molar-refractivity contribution in [2.75, 3.05) is 6.54 Å². The number of thiazole rings is 1. The van der Waals surface area contributed by atoms with Gasteiger partial charge in [0.25, 0.3) is 0 Å². The van der Waals surface area contributed by atoms with E-state index in [2.05, 4.69) is 23.7 Å². The van der Waals surface area contributed by atoms with Crippen LogP contribution in [0, 0.1) is 13.8 Å². The zero-order valence-corrected chi connectivity index (χ0v) is 11.3. The lowest BCUT2D eigenvalue weighted by molar-refractivity contribution is 0.294. The molecule has 2 rings (SSSR count). The molecule has 0 spiro atoms. The summed E-state index contributed by atoms with van der Waals surface area (Å²) in [5.74, 6) is 0. The van der Waals surface area contributed by atoms with E-state index < -0.39 is 0 Å². The molecule has 1 atom stereocenters. The second-order valence-corrected chi connectivity index (χ2v) is 6.04. The Morgan fingerprint density at radius 1 is 1.62 bits per heavy atom. The Morgan fingerprint density at radius 3 is 2.94 bits per heavy atom. The molecule has 0 radical (unpaired) electrons. The number of aryl methyl sites for hydroxylation is 2. The molecule has 1 fully saturated rings. The maximum atomic E-state index is 5.75. The average molecular weight is 255 g/mol. The Bertz CT molecular complexity index is 380. The Morgan fingerprint density at radius 2 is 2.38 bits per heavy atom. The molecule has 1 unspecified atom stereocenters. The monoisotopic (exact) mass is 255 g/mol. The van der Waals surface area contributed by atoms with Crippen LogP contribution in [0.2, 0.25) is 0 Å². The smallest absolute Gasteiger partial charge is 0.107 e. The van der Waals surface area contributed by atoms with Crippen LogP contribution in [-0.2, 0) is 6.54 Å². The van der Waals surface area contributed by atoms with E-state index in [1.165, 1.54) is 16.3 Å². The minimum atomic E-state index is 0.277. The van der Waals surface area contributed by atoms with Gasteiger partial charge in [-0.2, -0.15) is 0 Å². The second kappa shape index (κ2) is 4.77. The van der Waals surface area contributed by atoms with Crippen molar-refractivity contribution in [1.82, 2.24) is 9.88 Å². The van der Waals surface area contributed by atoms with Gasteiger partial charge in [-0.3, -0.25) is 4.90 Å². The van der Waals surface area contributed by atoms with Crippen molar-refractivity contribution < 1.29 is 0 Å². The molecule has 0 bridgehead atoms. The molecule has 16 heavy (non-hydrogen) atoms. The van der Waals surface area contributed by atoms with Gasteiger partial charge in [0.1, 0.15) is 5.01 Å². The standard InChI is InChI=1S/C11H17N3S2/c1-7-8(2)16-10(13-7)6-14-5-3-4-9(14)11(12)15/h9H,3-6H2,1-2H3,(H2,12,15). The van der Waals surface area contributed by atoms with E-state index in [-0.39, 0.29) is 6.04 Å². The average Bonchev–Trinajstić information content (AvgIpc) is 2.75. The second-order valence-electron chi connectivity index (χ2n) is 4.28. The number of aromatic nitrogens is 1. The molecule has 1 aromatic heterocycles. The van der Waals surface area contributed by atoms with E-state index in [1.54, 1.807) is 11.3 Å². The lowest BCUT2D eigenvalue weighted by Gasteiger charge is -2.21. The number of likely N-dealkylation sites (tertiary alicyclic amines) is 1. The first-order chi connectivity index (χ1) is 7.58. The molecule has 0 amide bonds. The number of rotatable bonds is 3. The highest BCUT2D eigenvalue weighted by Gasteiger charge is 2.27. The fraction of sp³-hybridized carbons (Fsp3) is 0.636. The Balaban J connectivity index is 2.06. The molecular weight excluding hydrogens is 238 g/mol. The quantitative estimate of drug-likeness (QED) is 0.839. The van der Waals surface area contributed by atoms with Crippen LogP contribution in [0.4, 0.5) is 0 Å². The SMILES string of the molecule is Cc1nc(CN2CCCC2C(N)=S)sc1C. The lowest BCUT2D eigenvalue weighted by atomic mass is 10.2. The molecule has 1 aromatic rings. The van der Waals surface area contributed by atoms with E-state index in [1.807, 2.05) is 0 Å². The molecule has 2 heterocycles. The van der Waals surface area contributed by atoms with Crippen molar-refractivity contribution in [3.8, 4) is 0 Å². The van der Waals surface area contributed by atoms with Gasteiger partial charge in [0, 0.05) is 4.88 Å². The van der Waals surface area contributed by atoms with Crippen LogP contribution in [0.3, 0.4) is 0 Å². The predicted molar refractivity (Wildman–Crippen MR) is 71.8 cm³/mol. The third-order valence-corrected chi connectivity index (χ3v) is 4.43. The Hall–Kier alpha value is -0.520. The molecule has 1 aliphatic rings. The van der Waals surface area contributed by atoms with E-state index in [0.717, 1.165) is 25.2 Å². The molecule has 88 valence electrons. The van der Waals surface area contributed by atoms with Crippen molar-refractivity contribution in [2.45, 2.75) is 39.3 Å². The normalized spacial score (nSPS) is 21.5. The van der Waals surface area contributed by atoms with Gasteiger partial charge < -0.3 is 5.73 Å². The van der Waals surface area contributed by atoms with Gasteiger partial charge in [-0.1, -0.05) is 12.2 Å². The van der Waals surface area contributed by atoms with Gasteiger partial charge in [0.2, 0.25) is 0 Å². The van der Waals surface area contributed by atoms with Gasteiger partial charge in [0.15, 0.2) is 0 Å². The molecule has 1 aliphatic heterocycles. The van der Waals surface area contributed by atoms with E-state index in [9.17, 15) is 0 Å². The zero-order chi connectivity index (χ0) is 11.7. The predicted octanol–water partition coefficient (Wildman–Crippen LogP) is 2.01. The van der Waals surface area contributed by atoms with Crippen LogP contribution in [0.15, 0.2) is 0 Å². The van der Waals surface area contributed by atoms with Crippen molar-refractivity contribution in [1.29, 1.82) is 0 Å². The summed E-state index contributed by atoms with van der Waals surface area (Å²) in [7, 11) is 0. The van der Waals surface area contributed by atoms with Crippen molar-refractivity contribution in [3.05, 3.63) is 15.6 Å². The molecule has 0 aliphatic carbocycles. The van der Waals surface area contributed by atoms with E-state index in [0.29, 0.717) is 4.99 Å². The Kier molecular flexibility index (Phi) is 3.56. The topological polar surface area (TPSA) is 42.2 Å². The van der Waals surface area contributed by atoms with Crippen LogP contribution in [-0.4, -0.2) is 27.5 Å². The van der Waals surface area contributed by atoms with Crippen LogP contribution < -0.4 is 5.73 Å². The highest BCUT2D eigenvalue weighted by molar-refractivity contribution is 7.80. The van der Waals surface area contributed by atoms with Gasteiger partial charge in [-0.05, 0) is 33.2 Å². The molecular formula is C11H17N3S2. The number of hydrogen-bond donors (Lipinski definition) is 1. The van der Waals surface area contributed by atoms with Crippen LogP contribution in [0.5, 0.6) is 0 Å². The van der Waals surface area contributed by atoms with Gasteiger partial charge in [0.05, 0.1) is 23.3 Å². The van der Waals surface area contributed by atoms with Gasteiger partial charge >= 0.3 is 0 Å². The first-order valence-electron chi connectivity index (χ1n) is 5.54. The maximum absolute atomic E-state index is 5.75. The highest BCUT2D eigenvalue weighted by atomic mass is 32.1. The minimum absolute atomic E-state index is 0.277. The third kappa shape index (κ3) is 2.42. The summed E-state index contributed by atoms with van der Waals surface area (Å²) in [5, 5.41) is 1.18. The van der Waals surface area contributed by atoms with Gasteiger partial charge in [-0.15, -0.1) is 11.3 Å². The molecule has 2 N–H and O–H groups in total. The highest BCUT2D eigenvalue weighted by Crippen LogP contribution is 2.23. The molecule has 5 heteroatoms. The fourth-order valence-corrected chi connectivity index (χ4v) is 3.34. The number of nitrogens with two attached hydrogens (primary N) is 1. The summed E-state index contributed by atoms with van der Waals surface area (Å²) in [4.78, 5) is 8.84. The van der Waals surface area contributed by atoms with Crippen molar-refractivity contribution in [3.63, 3.8) is 0 Å². The molecule has 0 aromatic carbocycles. The first kappa shape index (κ1) is 12.0. The Labute approximate surface area is 106 Å². The summed E-state index contributed by atoms with van der Waals surface area (Å²) in [6.07, 6.45) is 2.28. The minimum Gasteiger partial charge on any atom is -0.392 e. The van der Waals surface area contributed by atoms with Crippen LogP contribution in [0.25, 0.3) is 0 Å². The number of thiocarbonyl (C=S) groups is 1. The summed E-state index contributed by atoms with van der Waals surface area (Å²) in [6.45, 7) is 6.15. The summed E-state index contributed by atoms with van der Waals surface area (Å²) < 4.78 is 0. The first-order valence-corrected chi connectivity index (χ1v) is 6.76. The van der Waals surface area contributed by atoms with Gasteiger partial charge in [-0.25, -0.2) is 4.98 Å². The van der Waals surface area contributed by atoms with Crippen LogP contribution >= 0.6 is 23.6 Å². The van der Waals surface area contributed by atoms with Crippen LogP contribution in [0.1, 0.15) is 28.4 Å². The molecule has 1 saturated heterocycles. The van der Waals surface area contributed by atoms with E-state index in [4.69, 9.17) is 18.0 Å². The van der Waals surface area contributed by atoms with Crippen molar-refractivity contribution in [2.24, 2.45) is 5.73 Å². The third-order valence-electron chi connectivity index (χ3n) is 3.10. The summed E-state index contributed by atoms with van der Waals surface area (Å²) in [5.41, 5.74) is 6.89. The van der Waals surface area contributed by atoms with E-state index >= 15 is 0 Å². The maximum Gasteiger partial charge on any atom is 0.107 e. The largest absolute Gasteiger partial charge is 0.392 e. The lowest BCUT2D eigenvalue weighted by Crippen LogP contribution is -2.38. The zero-order valence-electron chi connectivity index (χ0n) is 9.69. The molecule has 0 saturated carbocycles.